The molecule has 0 bridgehead atoms. The topological polar surface area (TPSA) is 32.3 Å². The van der Waals surface area contributed by atoms with Crippen LogP contribution in [0.15, 0.2) is 18.2 Å². The molecular weight excluding hydrogens is 193 g/mol. The van der Waals surface area contributed by atoms with Gasteiger partial charge in [0.2, 0.25) is 0 Å². The van der Waals surface area contributed by atoms with Crippen LogP contribution in [0.5, 0.6) is 0 Å². The first-order chi connectivity index (χ1) is 6.79. The summed E-state index contributed by atoms with van der Waals surface area (Å²) >= 11 is 0. The highest BCUT2D eigenvalue weighted by molar-refractivity contribution is 5.47. The van der Waals surface area contributed by atoms with E-state index in [9.17, 15) is 9.50 Å². The molecule has 1 aromatic carbocycles. The van der Waals surface area contributed by atoms with Crippen LogP contribution in [0.2, 0.25) is 0 Å². The van der Waals surface area contributed by atoms with Crippen LogP contribution in [0.25, 0.3) is 0 Å². The summed E-state index contributed by atoms with van der Waals surface area (Å²) in [7, 11) is 0. The van der Waals surface area contributed by atoms with Gasteiger partial charge in [-0.3, -0.25) is 0 Å². The van der Waals surface area contributed by atoms with Crippen molar-refractivity contribution in [1.82, 2.24) is 0 Å². The molecule has 0 aliphatic rings. The monoisotopic (exact) mass is 211 g/mol. The van der Waals surface area contributed by atoms with Gasteiger partial charge in [-0.25, -0.2) is 4.39 Å². The third-order valence-electron chi connectivity index (χ3n) is 2.48. The Hall–Kier alpha value is -1.09. The van der Waals surface area contributed by atoms with E-state index in [0.29, 0.717) is 5.69 Å². The Kier molecular flexibility index (Phi) is 3.35. The molecule has 1 aromatic rings. The maximum absolute atomic E-state index is 13.1. The second kappa shape index (κ2) is 4.19. The van der Waals surface area contributed by atoms with Crippen molar-refractivity contribution in [2.75, 3.05) is 5.32 Å². The van der Waals surface area contributed by atoms with E-state index in [2.05, 4.69) is 5.32 Å². The molecule has 0 amide bonds. The van der Waals surface area contributed by atoms with Gasteiger partial charge in [0.15, 0.2) is 0 Å². The van der Waals surface area contributed by atoms with Gasteiger partial charge in [-0.1, -0.05) is 0 Å². The molecule has 1 rings (SSSR count). The highest BCUT2D eigenvalue weighted by Crippen LogP contribution is 2.18. The molecule has 0 aromatic heterocycles. The van der Waals surface area contributed by atoms with Crippen molar-refractivity contribution < 1.29 is 9.50 Å². The minimum absolute atomic E-state index is 0.140. The van der Waals surface area contributed by atoms with Crippen molar-refractivity contribution >= 4 is 5.69 Å². The molecule has 3 heteroatoms. The number of rotatable bonds is 3. The third-order valence-corrected chi connectivity index (χ3v) is 2.48. The Bertz CT molecular complexity index is 324. The second-order valence-corrected chi connectivity index (χ2v) is 4.54. The first-order valence-corrected chi connectivity index (χ1v) is 5.05. The maximum Gasteiger partial charge on any atom is 0.125 e. The number of anilines is 1. The summed E-state index contributed by atoms with van der Waals surface area (Å²) in [6.07, 6.45) is 0. The van der Waals surface area contributed by atoms with Gasteiger partial charge in [-0.05, 0) is 51.5 Å². The molecule has 2 N–H and O–H groups in total. The van der Waals surface area contributed by atoms with Gasteiger partial charge in [0, 0.05) is 5.69 Å². The Labute approximate surface area is 90.1 Å². The summed E-state index contributed by atoms with van der Waals surface area (Å²) in [4.78, 5) is 0. The zero-order chi connectivity index (χ0) is 11.6. The van der Waals surface area contributed by atoms with E-state index in [1.807, 2.05) is 19.9 Å². The van der Waals surface area contributed by atoms with Gasteiger partial charge < -0.3 is 10.4 Å². The summed E-state index contributed by atoms with van der Waals surface area (Å²) in [6.45, 7) is 7.14. The van der Waals surface area contributed by atoms with Crippen LogP contribution in [0.1, 0.15) is 26.3 Å². The molecule has 0 saturated carbocycles. The quantitative estimate of drug-likeness (QED) is 0.805. The largest absolute Gasteiger partial charge is 0.388 e. The van der Waals surface area contributed by atoms with Crippen molar-refractivity contribution in [3.8, 4) is 0 Å². The summed E-state index contributed by atoms with van der Waals surface area (Å²) in [6, 6.07) is 4.61. The fourth-order valence-corrected chi connectivity index (χ4v) is 1.25. The van der Waals surface area contributed by atoms with E-state index in [1.165, 1.54) is 12.1 Å². The van der Waals surface area contributed by atoms with Crippen molar-refractivity contribution in [2.45, 2.75) is 39.3 Å². The lowest BCUT2D eigenvalue weighted by atomic mass is 10.0. The first-order valence-electron chi connectivity index (χ1n) is 5.05. The van der Waals surface area contributed by atoms with E-state index in [4.69, 9.17) is 0 Å². The molecule has 0 saturated heterocycles. The van der Waals surface area contributed by atoms with Crippen LogP contribution >= 0.6 is 0 Å². The summed E-state index contributed by atoms with van der Waals surface area (Å²) in [5.74, 6) is -0.263. The molecule has 1 unspecified atom stereocenters. The van der Waals surface area contributed by atoms with E-state index >= 15 is 0 Å². The Morgan fingerprint density at radius 3 is 2.40 bits per heavy atom. The number of hydrogen-bond acceptors (Lipinski definition) is 2. The van der Waals surface area contributed by atoms with Gasteiger partial charge >= 0.3 is 0 Å². The Morgan fingerprint density at radius 2 is 1.93 bits per heavy atom. The van der Waals surface area contributed by atoms with Crippen molar-refractivity contribution in [2.24, 2.45) is 0 Å². The maximum atomic E-state index is 13.1. The Morgan fingerprint density at radius 1 is 1.33 bits per heavy atom. The van der Waals surface area contributed by atoms with Crippen LogP contribution in [0.3, 0.4) is 0 Å². The van der Waals surface area contributed by atoms with Gasteiger partial charge in [0.25, 0.3) is 0 Å². The zero-order valence-corrected chi connectivity index (χ0v) is 9.63. The summed E-state index contributed by atoms with van der Waals surface area (Å²) in [5.41, 5.74) is 0.725. The summed E-state index contributed by atoms with van der Waals surface area (Å²) < 4.78 is 13.1. The molecule has 0 aliphatic heterocycles. The van der Waals surface area contributed by atoms with Gasteiger partial charge in [-0.2, -0.15) is 0 Å². The van der Waals surface area contributed by atoms with E-state index in [-0.39, 0.29) is 11.9 Å². The molecule has 1 atom stereocenters. The molecule has 15 heavy (non-hydrogen) atoms. The standard InChI is InChI=1S/C12H18FNO/c1-8-5-10(13)7-11(6-8)14-9(2)12(3,4)15/h5-7,9,14-15H,1-4H3. The number of aryl methyl sites for hydroxylation is 1. The molecule has 0 aliphatic carbocycles. The average Bonchev–Trinajstić information content (AvgIpc) is 1.99. The average molecular weight is 211 g/mol. The third kappa shape index (κ3) is 3.51. The normalized spacial score (nSPS) is 13.7. The lowest BCUT2D eigenvalue weighted by Gasteiger charge is -2.27. The smallest absolute Gasteiger partial charge is 0.125 e. The second-order valence-electron chi connectivity index (χ2n) is 4.54. The van der Waals surface area contributed by atoms with E-state index < -0.39 is 5.60 Å². The van der Waals surface area contributed by atoms with Crippen LogP contribution in [0.4, 0.5) is 10.1 Å². The molecule has 0 spiro atoms. The van der Waals surface area contributed by atoms with Crippen LogP contribution < -0.4 is 5.32 Å². The number of hydrogen-bond donors (Lipinski definition) is 2. The number of aliphatic hydroxyl groups is 1. The fourth-order valence-electron chi connectivity index (χ4n) is 1.25. The molecule has 84 valence electrons. The molecule has 2 nitrogen and oxygen atoms in total. The first kappa shape index (κ1) is 12.0. The van der Waals surface area contributed by atoms with Crippen LogP contribution in [-0.4, -0.2) is 16.7 Å². The van der Waals surface area contributed by atoms with Crippen molar-refractivity contribution in [3.63, 3.8) is 0 Å². The highest BCUT2D eigenvalue weighted by atomic mass is 19.1. The fraction of sp³-hybridized carbons (Fsp3) is 0.500. The molecular formula is C12H18FNO. The number of nitrogens with one attached hydrogen (secondary N) is 1. The van der Waals surface area contributed by atoms with E-state index in [1.54, 1.807) is 13.8 Å². The zero-order valence-electron chi connectivity index (χ0n) is 9.63. The predicted molar refractivity (Wildman–Crippen MR) is 60.5 cm³/mol. The lowest BCUT2D eigenvalue weighted by molar-refractivity contribution is 0.0649. The van der Waals surface area contributed by atoms with Gasteiger partial charge in [-0.15, -0.1) is 0 Å². The lowest BCUT2D eigenvalue weighted by Crippen LogP contribution is -2.39. The van der Waals surface area contributed by atoms with Crippen LogP contribution in [0, 0.1) is 12.7 Å². The number of benzene rings is 1. The minimum Gasteiger partial charge on any atom is -0.388 e. The molecule has 0 radical (unpaired) electrons. The molecule has 0 fully saturated rings. The minimum atomic E-state index is -0.833. The van der Waals surface area contributed by atoms with Crippen molar-refractivity contribution in [3.05, 3.63) is 29.6 Å². The van der Waals surface area contributed by atoms with Gasteiger partial charge in [0.1, 0.15) is 5.82 Å². The predicted octanol–water partition coefficient (Wildman–Crippen LogP) is 2.71. The Balaban J connectivity index is 2.81. The summed E-state index contributed by atoms with van der Waals surface area (Å²) in [5, 5.41) is 12.8. The highest BCUT2D eigenvalue weighted by Gasteiger charge is 2.21. The number of halogens is 1. The molecule has 0 heterocycles. The SMILES string of the molecule is Cc1cc(F)cc(NC(C)C(C)(C)O)c1. The van der Waals surface area contributed by atoms with E-state index in [0.717, 1.165) is 5.56 Å². The van der Waals surface area contributed by atoms with Crippen LogP contribution in [-0.2, 0) is 0 Å². The van der Waals surface area contributed by atoms with Gasteiger partial charge in [0.05, 0.1) is 11.6 Å². The van der Waals surface area contributed by atoms with Crippen molar-refractivity contribution in [1.29, 1.82) is 0 Å².